The summed E-state index contributed by atoms with van der Waals surface area (Å²) in [6.45, 7) is 19.6. The van der Waals surface area contributed by atoms with Crippen LogP contribution in [0.2, 0.25) is 0 Å². The van der Waals surface area contributed by atoms with Crippen molar-refractivity contribution in [2.75, 3.05) is 18.1 Å². The van der Waals surface area contributed by atoms with E-state index in [2.05, 4.69) is 95.3 Å². The van der Waals surface area contributed by atoms with Crippen molar-refractivity contribution >= 4 is 20.2 Å². The summed E-state index contributed by atoms with van der Waals surface area (Å²) in [5.41, 5.74) is 6.60. The first-order chi connectivity index (χ1) is 27.3. The molecule has 0 aliphatic heterocycles. The fourth-order valence-corrected chi connectivity index (χ4v) is 4.42. The Labute approximate surface area is 395 Å². The summed E-state index contributed by atoms with van der Waals surface area (Å²) in [6.07, 6.45) is 5.59. The SMILES string of the molecule is C.C.C.C.C.C.CC.CCCS(=O)(=O)O.CCCS(=O)(=O)[O-].CCC[N+](=O)[O-].Cc1cc[n+](C)cc1.Cc1ccccc1.Cc1ccccc1.Cc1ccccc1.Cc1ccccc1. The van der Waals surface area contributed by atoms with E-state index in [-0.39, 0.29) is 67.5 Å². The first-order valence-corrected chi connectivity index (χ1v) is 22.4. The molecule has 0 unspecified atom stereocenters. The molecule has 0 saturated carbocycles. The van der Waals surface area contributed by atoms with Crippen molar-refractivity contribution in [1.82, 2.24) is 0 Å². The van der Waals surface area contributed by atoms with Crippen molar-refractivity contribution in [3.05, 3.63) is 184 Å². The molecule has 0 amide bonds. The monoisotopic (exact) mass is 939 g/mol. The van der Waals surface area contributed by atoms with Gasteiger partial charge >= 0.3 is 0 Å². The second kappa shape index (κ2) is 56.3. The number of aromatic nitrogens is 1. The maximum atomic E-state index is 9.79. The highest BCUT2D eigenvalue weighted by Crippen LogP contribution is 1.94. The van der Waals surface area contributed by atoms with Crippen molar-refractivity contribution in [3.63, 3.8) is 0 Å². The van der Waals surface area contributed by atoms with Crippen LogP contribution in [0.25, 0.3) is 0 Å². The second-order valence-electron chi connectivity index (χ2n) is 12.3. The Morgan fingerprint density at radius 3 is 0.797 bits per heavy atom. The standard InChI is InChI=1S/C7H10N.4C7H8.C3H7NO2.2C3H8O3S.C2H6.6CH4/c1-7-3-5-8(2)6-4-7;4*1-7-5-3-2-4-6-7;1-2-3-4(5)6;2*1-2-3-7(4,5)6;1-2;;;;;;/h3-6H,1-2H3;4*2-6H,1H3;2-3H2,1H3;2*2-3H2,1H3,(H,4,5,6);1-2H3;6*1H4/q+1;;;;;;;;;;;;;;/p-1. The number of benzene rings is 4. The van der Waals surface area contributed by atoms with Crippen molar-refractivity contribution in [1.29, 1.82) is 0 Å². The molecular formula is C52H94N2O8S2. The molecule has 0 aliphatic carbocycles. The van der Waals surface area contributed by atoms with Gasteiger partial charge in [-0.05, 0) is 53.0 Å². The highest BCUT2D eigenvalue weighted by atomic mass is 32.2. The predicted octanol–water partition coefficient (Wildman–Crippen LogP) is 14.5. The second-order valence-corrected chi connectivity index (χ2v) is 15.4. The number of nitrogens with zero attached hydrogens (tertiary/aromatic N) is 2. The minimum absolute atomic E-state index is 0. The Bertz CT molecular complexity index is 1630. The summed E-state index contributed by atoms with van der Waals surface area (Å²) in [7, 11) is -5.59. The Kier molecular flexibility index (Phi) is 72.9. The topological polar surface area (TPSA) is 159 Å². The van der Waals surface area contributed by atoms with Crippen molar-refractivity contribution < 1.29 is 35.4 Å². The first kappa shape index (κ1) is 82.9. The van der Waals surface area contributed by atoms with Gasteiger partial charge in [0.2, 0.25) is 6.54 Å². The average Bonchev–Trinajstić information content (AvgIpc) is 3.16. The zero-order valence-electron chi connectivity index (χ0n) is 36.6. The largest absolute Gasteiger partial charge is 0.748 e. The van der Waals surface area contributed by atoms with Crippen LogP contribution in [-0.4, -0.2) is 48.9 Å². The summed E-state index contributed by atoms with van der Waals surface area (Å²) >= 11 is 0. The van der Waals surface area contributed by atoms with E-state index in [1.807, 2.05) is 111 Å². The molecule has 1 N–H and O–H groups in total. The quantitative estimate of drug-likeness (QED) is 0.0762. The number of rotatable bonds is 6. The molecule has 10 nitrogen and oxygen atoms in total. The number of nitro groups is 1. The van der Waals surface area contributed by atoms with Crippen LogP contribution < -0.4 is 4.57 Å². The van der Waals surface area contributed by atoms with Gasteiger partial charge in [-0.1, -0.05) is 223 Å². The molecule has 5 rings (SSSR count). The van der Waals surface area contributed by atoms with Gasteiger partial charge in [-0.2, -0.15) is 8.42 Å². The van der Waals surface area contributed by atoms with Crippen molar-refractivity contribution in [3.8, 4) is 0 Å². The molecule has 64 heavy (non-hydrogen) atoms. The molecule has 1 heterocycles. The Hall–Kier alpha value is -4.75. The van der Waals surface area contributed by atoms with Gasteiger partial charge in [0.25, 0.3) is 10.1 Å². The first-order valence-electron chi connectivity index (χ1n) is 19.2. The molecule has 12 heteroatoms. The van der Waals surface area contributed by atoms with Crippen molar-refractivity contribution in [2.45, 2.75) is 133 Å². The van der Waals surface area contributed by atoms with E-state index in [1.54, 1.807) is 20.8 Å². The average molecular weight is 939 g/mol. The van der Waals surface area contributed by atoms with E-state index < -0.39 is 20.2 Å². The smallest absolute Gasteiger partial charge is 0.264 e. The van der Waals surface area contributed by atoms with Crippen LogP contribution in [0.4, 0.5) is 0 Å². The van der Waals surface area contributed by atoms with Crippen LogP contribution in [0, 0.1) is 44.7 Å². The van der Waals surface area contributed by atoms with E-state index >= 15 is 0 Å². The molecule has 372 valence electrons. The maximum absolute atomic E-state index is 9.79. The fourth-order valence-electron chi connectivity index (χ4n) is 3.40. The summed E-state index contributed by atoms with van der Waals surface area (Å²) in [6, 6.07) is 45.2. The summed E-state index contributed by atoms with van der Waals surface area (Å²) in [5.74, 6) is -0.375. The highest BCUT2D eigenvalue weighted by molar-refractivity contribution is 7.85. The van der Waals surface area contributed by atoms with E-state index in [0.29, 0.717) is 19.3 Å². The fraction of sp³-hybridized carbons (Fsp3) is 0.442. The lowest BCUT2D eigenvalue weighted by atomic mass is 10.2. The van der Waals surface area contributed by atoms with Gasteiger partial charge in [0, 0.05) is 29.2 Å². The summed E-state index contributed by atoms with van der Waals surface area (Å²) in [4.78, 5) is 9.09. The van der Waals surface area contributed by atoms with E-state index in [4.69, 9.17) is 4.55 Å². The van der Waals surface area contributed by atoms with Crippen LogP contribution in [0.5, 0.6) is 0 Å². The van der Waals surface area contributed by atoms with Crippen LogP contribution in [-0.2, 0) is 27.3 Å². The zero-order valence-corrected chi connectivity index (χ0v) is 38.2. The van der Waals surface area contributed by atoms with E-state index in [1.165, 1.54) is 27.8 Å². The van der Waals surface area contributed by atoms with Gasteiger partial charge in [0.05, 0.1) is 15.9 Å². The number of pyridine rings is 1. The minimum Gasteiger partial charge on any atom is -0.748 e. The lowest BCUT2D eigenvalue weighted by Crippen LogP contribution is -2.25. The molecule has 0 spiro atoms. The lowest BCUT2D eigenvalue weighted by molar-refractivity contribution is -0.671. The molecule has 0 atom stereocenters. The van der Waals surface area contributed by atoms with Gasteiger partial charge in [0.1, 0.15) is 7.05 Å². The Morgan fingerprint density at radius 1 is 0.484 bits per heavy atom. The molecule has 0 bridgehead atoms. The molecule has 0 aliphatic rings. The van der Waals surface area contributed by atoms with Gasteiger partial charge in [-0.3, -0.25) is 14.7 Å². The van der Waals surface area contributed by atoms with Crippen LogP contribution in [0.3, 0.4) is 0 Å². The third-order valence-corrected chi connectivity index (χ3v) is 8.06. The van der Waals surface area contributed by atoms with E-state index in [9.17, 15) is 31.5 Å². The molecule has 0 saturated heterocycles. The number of hydrogen-bond donors (Lipinski definition) is 1. The molecule has 0 fully saturated rings. The van der Waals surface area contributed by atoms with E-state index in [0.717, 1.165) is 0 Å². The van der Waals surface area contributed by atoms with Crippen LogP contribution in [0.1, 0.15) is 126 Å². The molecule has 5 aromatic rings. The highest BCUT2D eigenvalue weighted by Gasteiger charge is 1.98. The Balaban J connectivity index is -0.0000000639. The van der Waals surface area contributed by atoms with Crippen molar-refractivity contribution in [2.24, 2.45) is 7.05 Å². The van der Waals surface area contributed by atoms with Crippen LogP contribution in [0.15, 0.2) is 146 Å². The zero-order chi connectivity index (χ0) is 45.3. The molecule has 0 radical (unpaired) electrons. The molecule has 1 aromatic heterocycles. The predicted molar refractivity (Wildman–Crippen MR) is 283 cm³/mol. The maximum Gasteiger partial charge on any atom is 0.264 e. The van der Waals surface area contributed by atoms with Gasteiger partial charge in [-0.15, -0.1) is 0 Å². The third kappa shape index (κ3) is 77.8. The lowest BCUT2D eigenvalue weighted by Gasteiger charge is -2.00. The van der Waals surface area contributed by atoms with Gasteiger partial charge < -0.3 is 4.55 Å². The summed E-state index contributed by atoms with van der Waals surface area (Å²) in [5, 5.41) is 9.40. The number of hydrogen-bond acceptors (Lipinski definition) is 7. The van der Waals surface area contributed by atoms with Crippen LogP contribution >= 0.6 is 0 Å². The molecular weight excluding hydrogens is 845 g/mol. The normalized spacial score (nSPS) is 8.39. The third-order valence-electron chi connectivity index (χ3n) is 6.23. The number of aryl methyl sites for hydroxylation is 6. The minimum atomic E-state index is -3.92. The van der Waals surface area contributed by atoms with Gasteiger partial charge in [-0.25, -0.2) is 13.0 Å². The summed E-state index contributed by atoms with van der Waals surface area (Å²) < 4.78 is 58.6. The molecule has 4 aromatic carbocycles. The van der Waals surface area contributed by atoms with Gasteiger partial charge in [0.15, 0.2) is 12.4 Å². The Morgan fingerprint density at radius 2 is 0.719 bits per heavy atom.